The molecule has 1 saturated carbocycles. The van der Waals surface area contributed by atoms with Crippen LogP contribution in [0.25, 0.3) is 0 Å². The van der Waals surface area contributed by atoms with E-state index in [1.807, 2.05) is 0 Å². The Morgan fingerprint density at radius 3 is 2.58 bits per heavy atom. The molecule has 1 heterocycles. The first kappa shape index (κ1) is 24.9. The Kier molecular flexibility index (Phi) is 9.51. The second-order valence-electron chi connectivity index (χ2n) is 7.37. The number of nitrogens with zero attached hydrogens (tertiary/aromatic N) is 2. The lowest BCUT2D eigenvalue weighted by molar-refractivity contribution is -0.142. The van der Waals surface area contributed by atoms with Crippen molar-refractivity contribution in [2.45, 2.75) is 51.2 Å². The molecule has 0 aliphatic heterocycles. The van der Waals surface area contributed by atoms with E-state index < -0.39 is 17.9 Å². The number of aromatic nitrogens is 2. The van der Waals surface area contributed by atoms with E-state index in [1.165, 1.54) is 25.5 Å². The molecule has 1 aliphatic rings. The molecule has 31 heavy (non-hydrogen) atoms. The Morgan fingerprint density at radius 1 is 1.29 bits per heavy atom. The topological polar surface area (TPSA) is 87.1 Å². The van der Waals surface area contributed by atoms with Gasteiger partial charge in [-0.2, -0.15) is 13.2 Å². The molecular formula is C21H26ClF3N4O2. The maximum absolute atomic E-state index is 13.6. The van der Waals surface area contributed by atoms with E-state index in [4.69, 9.17) is 21.5 Å². The molecule has 0 spiro atoms. The average molecular weight is 459 g/mol. The van der Waals surface area contributed by atoms with Crippen LogP contribution in [0.4, 0.5) is 24.8 Å². The second kappa shape index (κ2) is 11.9. The maximum Gasteiger partial charge on any atom is 0.433 e. The summed E-state index contributed by atoms with van der Waals surface area (Å²) in [7, 11) is 0. The first-order valence-electron chi connectivity index (χ1n) is 10.0. The Hall–Kier alpha value is -2.39. The van der Waals surface area contributed by atoms with Crippen molar-refractivity contribution >= 4 is 29.7 Å². The lowest BCUT2D eigenvalue weighted by Gasteiger charge is -2.25. The quantitative estimate of drug-likeness (QED) is 0.472. The Morgan fingerprint density at radius 2 is 1.97 bits per heavy atom. The van der Waals surface area contributed by atoms with E-state index >= 15 is 0 Å². The fourth-order valence-electron chi connectivity index (χ4n) is 3.54. The summed E-state index contributed by atoms with van der Waals surface area (Å²) in [5.41, 5.74) is -0.340. The number of hydrogen-bond donors (Lipinski definition) is 3. The van der Waals surface area contributed by atoms with Crippen LogP contribution in [0, 0.1) is 5.92 Å². The van der Waals surface area contributed by atoms with E-state index in [1.54, 1.807) is 31.2 Å². The normalized spacial score (nSPS) is 15.5. The SMILES string of the molecule is CC(NCC1CCCCC1)c1cnc(Nc2cccc(Cl)c2)nc1C(F)(F)F.O=CO. The van der Waals surface area contributed by atoms with Crippen molar-refractivity contribution in [2.75, 3.05) is 11.9 Å². The molecule has 1 unspecified atom stereocenters. The third-order valence-corrected chi connectivity index (χ3v) is 5.31. The lowest BCUT2D eigenvalue weighted by atomic mass is 9.89. The summed E-state index contributed by atoms with van der Waals surface area (Å²) >= 11 is 5.91. The average Bonchev–Trinajstić information content (AvgIpc) is 2.73. The number of nitrogens with one attached hydrogen (secondary N) is 2. The second-order valence-corrected chi connectivity index (χ2v) is 7.81. The van der Waals surface area contributed by atoms with Crippen molar-refractivity contribution in [3.05, 3.63) is 46.7 Å². The highest BCUT2D eigenvalue weighted by Crippen LogP contribution is 2.34. The molecule has 3 N–H and O–H groups in total. The molecular weight excluding hydrogens is 433 g/mol. The summed E-state index contributed by atoms with van der Waals surface area (Å²) < 4.78 is 40.9. The van der Waals surface area contributed by atoms with Gasteiger partial charge < -0.3 is 15.7 Å². The van der Waals surface area contributed by atoms with Gasteiger partial charge in [-0.3, -0.25) is 4.79 Å². The van der Waals surface area contributed by atoms with Gasteiger partial charge in [-0.15, -0.1) is 0 Å². The van der Waals surface area contributed by atoms with Gasteiger partial charge in [-0.05, 0) is 50.4 Å². The molecule has 0 saturated heterocycles. The number of alkyl halides is 3. The van der Waals surface area contributed by atoms with Crippen molar-refractivity contribution in [2.24, 2.45) is 5.92 Å². The van der Waals surface area contributed by atoms with Crippen molar-refractivity contribution in [1.82, 2.24) is 15.3 Å². The molecule has 3 rings (SSSR count). The molecule has 0 bridgehead atoms. The number of benzene rings is 1. The van der Waals surface area contributed by atoms with E-state index in [0.717, 1.165) is 12.8 Å². The van der Waals surface area contributed by atoms with Crippen LogP contribution in [-0.4, -0.2) is 28.1 Å². The molecule has 0 amide bonds. The Balaban J connectivity index is 0.00000107. The van der Waals surface area contributed by atoms with Crippen LogP contribution < -0.4 is 10.6 Å². The summed E-state index contributed by atoms with van der Waals surface area (Å²) in [6, 6.07) is 6.17. The van der Waals surface area contributed by atoms with E-state index in [9.17, 15) is 13.2 Å². The fourth-order valence-corrected chi connectivity index (χ4v) is 3.73. The van der Waals surface area contributed by atoms with Crippen LogP contribution in [-0.2, 0) is 11.0 Å². The third-order valence-electron chi connectivity index (χ3n) is 5.07. The van der Waals surface area contributed by atoms with Crippen molar-refractivity contribution in [1.29, 1.82) is 0 Å². The van der Waals surface area contributed by atoms with Gasteiger partial charge in [0.1, 0.15) is 0 Å². The molecule has 1 fully saturated rings. The molecule has 2 aromatic rings. The van der Waals surface area contributed by atoms with Gasteiger partial charge in [-0.1, -0.05) is 36.9 Å². The molecule has 1 aromatic carbocycles. The number of halogens is 4. The zero-order chi connectivity index (χ0) is 22.9. The predicted octanol–water partition coefficient (Wildman–Crippen LogP) is 5.82. The highest BCUT2D eigenvalue weighted by Gasteiger charge is 2.37. The first-order valence-corrected chi connectivity index (χ1v) is 10.4. The summed E-state index contributed by atoms with van der Waals surface area (Å²) in [6.07, 6.45) is 2.59. The van der Waals surface area contributed by atoms with Crippen molar-refractivity contribution in [3.8, 4) is 0 Å². The standard InChI is InChI=1S/C20H24ClF3N4.CH2O2/c1-13(25-11-14-6-3-2-4-7-14)17-12-26-19(28-18(17)20(22,23)24)27-16-9-5-8-15(21)10-16;2-1-3/h5,8-10,12-14,25H,2-4,6-7,11H2,1H3,(H,26,27,28);1H,(H,2,3). The maximum atomic E-state index is 13.6. The van der Waals surface area contributed by atoms with Gasteiger partial charge >= 0.3 is 6.18 Å². The Bertz CT molecular complexity index is 846. The van der Waals surface area contributed by atoms with E-state index in [0.29, 0.717) is 23.2 Å². The number of rotatable bonds is 6. The zero-order valence-electron chi connectivity index (χ0n) is 17.1. The molecule has 1 aliphatic carbocycles. The monoisotopic (exact) mass is 458 g/mol. The van der Waals surface area contributed by atoms with Gasteiger partial charge in [0.2, 0.25) is 5.95 Å². The fraction of sp³-hybridized carbons (Fsp3) is 0.476. The lowest BCUT2D eigenvalue weighted by Crippen LogP contribution is -2.29. The summed E-state index contributed by atoms with van der Waals surface area (Å²) in [5, 5.41) is 13.4. The van der Waals surface area contributed by atoms with Crippen LogP contribution in [0.5, 0.6) is 0 Å². The van der Waals surface area contributed by atoms with Crippen LogP contribution in [0.15, 0.2) is 30.5 Å². The van der Waals surface area contributed by atoms with E-state index in [2.05, 4.69) is 20.6 Å². The molecule has 1 atom stereocenters. The number of carbonyl (C=O) groups is 1. The van der Waals surface area contributed by atoms with Gasteiger partial charge in [0.25, 0.3) is 6.47 Å². The first-order chi connectivity index (χ1) is 14.7. The minimum Gasteiger partial charge on any atom is -0.483 e. The van der Waals surface area contributed by atoms with Crippen LogP contribution >= 0.6 is 11.6 Å². The largest absolute Gasteiger partial charge is 0.483 e. The highest BCUT2D eigenvalue weighted by molar-refractivity contribution is 6.30. The van der Waals surface area contributed by atoms with Gasteiger partial charge in [0.05, 0.1) is 0 Å². The zero-order valence-corrected chi connectivity index (χ0v) is 17.9. The van der Waals surface area contributed by atoms with Crippen molar-refractivity contribution in [3.63, 3.8) is 0 Å². The summed E-state index contributed by atoms with van der Waals surface area (Å²) in [5.74, 6) is 0.410. The van der Waals surface area contributed by atoms with Crippen LogP contribution in [0.1, 0.15) is 56.3 Å². The molecule has 1 aromatic heterocycles. The van der Waals surface area contributed by atoms with Crippen LogP contribution in [0.2, 0.25) is 5.02 Å². The van der Waals surface area contributed by atoms with Crippen molar-refractivity contribution < 1.29 is 23.1 Å². The van der Waals surface area contributed by atoms with E-state index in [-0.39, 0.29) is 18.0 Å². The number of hydrogen-bond acceptors (Lipinski definition) is 5. The van der Waals surface area contributed by atoms with Crippen LogP contribution in [0.3, 0.4) is 0 Å². The van der Waals surface area contributed by atoms with Gasteiger partial charge in [0, 0.05) is 28.5 Å². The molecule has 0 radical (unpaired) electrons. The third kappa shape index (κ3) is 7.99. The van der Waals surface area contributed by atoms with Gasteiger partial charge in [-0.25, -0.2) is 9.97 Å². The molecule has 6 nitrogen and oxygen atoms in total. The number of carboxylic acid groups (broad SMARTS) is 1. The minimum atomic E-state index is -4.57. The summed E-state index contributed by atoms with van der Waals surface area (Å²) in [6.45, 7) is 2.18. The Labute approximate surface area is 184 Å². The molecule has 10 heteroatoms. The highest BCUT2D eigenvalue weighted by atomic mass is 35.5. The predicted molar refractivity (Wildman–Crippen MR) is 113 cm³/mol. The number of anilines is 2. The smallest absolute Gasteiger partial charge is 0.433 e. The summed E-state index contributed by atoms with van der Waals surface area (Å²) in [4.78, 5) is 16.2. The molecule has 170 valence electrons. The minimum absolute atomic E-state index is 0.0555. The van der Waals surface area contributed by atoms with Gasteiger partial charge in [0.15, 0.2) is 5.69 Å².